The van der Waals surface area contributed by atoms with Crippen molar-refractivity contribution in [1.82, 2.24) is 0 Å². The van der Waals surface area contributed by atoms with Crippen molar-refractivity contribution in [2.24, 2.45) is 0 Å². The SMILES string of the molecule is C=C(/C=C/C=C1/N(CCCCCCCCCCCCCCCCCCCC)c2ccccc2C1(C)C)C(C)(C)c1ccccc1C. The smallest absolute Gasteiger partial charge is 0.0450 e. The second-order valence-electron chi connectivity index (χ2n) is 15.2. The Kier molecular flexibility index (Phi) is 16.5. The summed E-state index contributed by atoms with van der Waals surface area (Å²) in [4.78, 5) is 2.60. The Bertz CT molecular complexity index is 1230. The second kappa shape index (κ2) is 20.0. The van der Waals surface area contributed by atoms with Crippen molar-refractivity contribution in [3.05, 3.63) is 101 Å². The van der Waals surface area contributed by atoms with Crippen LogP contribution < -0.4 is 4.90 Å². The van der Waals surface area contributed by atoms with Gasteiger partial charge in [-0.1, -0.05) is 205 Å². The minimum atomic E-state index is -0.110. The number of nitrogens with zero attached hydrogens (tertiary/aromatic N) is 1. The molecule has 0 aromatic heterocycles. The van der Waals surface area contributed by atoms with Gasteiger partial charge in [-0.05, 0) is 47.8 Å². The van der Waals surface area contributed by atoms with Crippen molar-refractivity contribution in [3.8, 4) is 0 Å². The summed E-state index contributed by atoms with van der Waals surface area (Å²) in [6.07, 6.45) is 32.3. The van der Waals surface area contributed by atoms with Crippen LogP contribution in [-0.4, -0.2) is 6.54 Å². The predicted molar refractivity (Wildman–Crippen MR) is 206 cm³/mol. The highest BCUT2D eigenvalue weighted by Crippen LogP contribution is 2.47. The fourth-order valence-electron chi connectivity index (χ4n) is 7.46. The van der Waals surface area contributed by atoms with Crippen LogP contribution in [0.15, 0.2) is 84.6 Å². The van der Waals surface area contributed by atoms with Gasteiger partial charge in [0.05, 0.1) is 0 Å². The first kappa shape index (κ1) is 37.9. The van der Waals surface area contributed by atoms with Gasteiger partial charge >= 0.3 is 0 Å². The van der Waals surface area contributed by atoms with E-state index in [0.717, 1.165) is 12.1 Å². The number of hydrogen-bond donors (Lipinski definition) is 0. The lowest BCUT2D eigenvalue weighted by Gasteiger charge is -2.28. The molecule has 2 aromatic rings. The van der Waals surface area contributed by atoms with E-state index >= 15 is 0 Å². The fourth-order valence-corrected chi connectivity index (χ4v) is 7.46. The van der Waals surface area contributed by atoms with Crippen molar-refractivity contribution in [3.63, 3.8) is 0 Å². The van der Waals surface area contributed by atoms with Crippen molar-refractivity contribution in [2.45, 2.75) is 168 Å². The normalized spacial score (nSPS) is 15.3. The van der Waals surface area contributed by atoms with Crippen molar-refractivity contribution in [2.75, 3.05) is 11.4 Å². The van der Waals surface area contributed by atoms with E-state index in [0.29, 0.717) is 0 Å². The van der Waals surface area contributed by atoms with Gasteiger partial charge in [-0.2, -0.15) is 0 Å². The fraction of sp³-hybridized carbons (Fsp3) is 0.600. The zero-order valence-electron chi connectivity index (χ0n) is 30.9. The summed E-state index contributed by atoms with van der Waals surface area (Å²) in [7, 11) is 0. The van der Waals surface area contributed by atoms with E-state index in [1.807, 2.05) is 0 Å². The predicted octanol–water partition coefficient (Wildman–Crippen LogP) is 14.1. The van der Waals surface area contributed by atoms with E-state index in [9.17, 15) is 0 Å². The van der Waals surface area contributed by atoms with E-state index in [1.165, 1.54) is 144 Å². The molecule has 0 atom stereocenters. The van der Waals surface area contributed by atoms with Gasteiger partial charge in [0.1, 0.15) is 0 Å². The molecule has 0 amide bonds. The molecule has 0 saturated carbocycles. The van der Waals surface area contributed by atoms with Crippen molar-refractivity contribution >= 4 is 5.69 Å². The maximum Gasteiger partial charge on any atom is 0.0450 e. The lowest BCUT2D eigenvalue weighted by molar-refractivity contribution is 0.525. The minimum Gasteiger partial charge on any atom is -0.344 e. The number of allylic oxidation sites excluding steroid dienone is 5. The molecule has 0 fully saturated rings. The Morgan fingerprint density at radius 3 is 1.72 bits per heavy atom. The van der Waals surface area contributed by atoms with Crippen molar-refractivity contribution in [1.29, 1.82) is 0 Å². The van der Waals surface area contributed by atoms with Crippen LogP contribution in [0, 0.1) is 6.92 Å². The van der Waals surface area contributed by atoms with Gasteiger partial charge in [-0.25, -0.2) is 0 Å². The minimum absolute atomic E-state index is 0.0119. The summed E-state index contributed by atoms with van der Waals surface area (Å²) < 4.78 is 0. The van der Waals surface area contributed by atoms with Gasteiger partial charge in [-0.3, -0.25) is 0 Å². The summed E-state index contributed by atoms with van der Waals surface area (Å²) >= 11 is 0. The molecule has 46 heavy (non-hydrogen) atoms. The Balaban J connectivity index is 1.39. The highest BCUT2D eigenvalue weighted by molar-refractivity contribution is 5.70. The maximum absolute atomic E-state index is 4.50. The third-order valence-corrected chi connectivity index (χ3v) is 10.7. The quantitative estimate of drug-likeness (QED) is 0.0879. The highest BCUT2D eigenvalue weighted by Gasteiger charge is 2.39. The number of para-hydroxylation sites is 1. The van der Waals surface area contributed by atoms with E-state index < -0.39 is 0 Å². The first-order chi connectivity index (χ1) is 22.2. The van der Waals surface area contributed by atoms with Crippen LogP contribution in [0.2, 0.25) is 0 Å². The van der Waals surface area contributed by atoms with Crippen LogP contribution in [-0.2, 0) is 10.8 Å². The van der Waals surface area contributed by atoms with Gasteiger partial charge in [0.15, 0.2) is 0 Å². The molecule has 254 valence electrons. The number of benzene rings is 2. The molecule has 1 aliphatic heterocycles. The topological polar surface area (TPSA) is 3.24 Å². The third-order valence-electron chi connectivity index (χ3n) is 10.7. The summed E-state index contributed by atoms with van der Waals surface area (Å²) in [5.41, 5.74) is 7.92. The van der Waals surface area contributed by atoms with E-state index in [1.54, 1.807) is 0 Å². The molecule has 1 nitrogen and oxygen atoms in total. The van der Waals surface area contributed by atoms with Crippen LogP contribution in [0.3, 0.4) is 0 Å². The summed E-state index contributed by atoms with van der Waals surface area (Å²) in [5, 5.41) is 0. The Morgan fingerprint density at radius 2 is 1.17 bits per heavy atom. The molecular weight excluding hydrogens is 555 g/mol. The second-order valence-corrected chi connectivity index (χ2v) is 15.2. The van der Waals surface area contributed by atoms with Gasteiger partial charge < -0.3 is 4.90 Å². The van der Waals surface area contributed by atoms with Gasteiger partial charge in [-0.15, -0.1) is 0 Å². The maximum atomic E-state index is 4.50. The Hall–Kier alpha value is -2.54. The first-order valence-electron chi connectivity index (χ1n) is 19.2. The zero-order chi connectivity index (χ0) is 33.3. The van der Waals surface area contributed by atoms with Crippen LogP contribution in [0.25, 0.3) is 0 Å². The molecule has 2 aromatic carbocycles. The lowest BCUT2D eigenvalue weighted by atomic mass is 9.76. The monoisotopic (exact) mass is 624 g/mol. The molecule has 0 bridgehead atoms. The average molecular weight is 624 g/mol. The first-order valence-corrected chi connectivity index (χ1v) is 19.2. The average Bonchev–Trinajstić information content (AvgIpc) is 3.25. The summed E-state index contributed by atoms with van der Waals surface area (Å²) in [5.74, 6) is 0. The van der Waals surface area contributed by atoms with E-state index in [-0.39, 0.29) is 10.8 Å². The molecule has 0 N–H and O–H groups in total. The molecule has 1 aliphatic rings. The number of rotatable bonds is 23. The van der Waals surface area contributed by atoms with Crippen LogP contribution in [0.1, 0.15) is 167 Å². The molecule has 0 aliphatic carbocycles. The van der Waals surface area contributed by atoms with E-state index in [2.05, 4.69) is 120 Å². The molecule has 3 rings (SSSR count). The van der Waals surface area contributed by atoms with E-state index in [4.69, 9.17) is 0 Å². The van der Waals surface area contributed by atoms with Crippen molar-refractivity contribution < 1.29 is 0 Å². The van der Waals surface area contributed by atoms with Crippen LogP contribution >= 0.6 is 0 Å². The number of aryl methyl sites for hydroxylation is 1. The number of anilines is 1. The van der Waals surface area contributed by atoms with Gasteiger partial charge in [0.25, 0.3) is 0 Å². The zero-order valence-corrected chi connectivity index (χ0v) is 30.9. The molecule has 1 heterocycles. The molecule has 0 saturated heterocycles. The Morgan fingerprint density at radius 1 is 0.696 bits per heavy atom. The summed E-state index contributed by atoms with van der Waals surface area (Å²) in [6, 6.07) is 17.7. The van der Waals surface area contributed by atoms with Crippen LogP contribution in [0.4, 0.5) is 5.69 Å². The van der Waals surface area contributed by atoms with Crippen LogP contribution in [0.5, 0.6) is 0 Å². The third kappa shape index (κ3) is 11.3. The molecular formula is C45H69N. The standard InChI is InChI=1S/C45H69N/c1-8-9-10-11-12-13-14-15-16-17-18-19-20-21-22-23-24-29-37-46-42-35-28-27-34-41(42)45(6,7)43(46)36-30-32-39(3)44(4,5)40-33-26-25-31-38(40)2/h25-28,30-36H,3,8-24,29,37H2,1-2,4-7H3/b32-30+,43-36+. The molecule has 0 spiro atoms. The molecule has 1 heteroatoms. The van der Waals surface area contributed by atoms with Gasteiger partial charge in [0.2, 0.25) is 0 Å². The number of hydrogen-bond acceptors (Lipinski definition) is 1. The molecule has 0 unspecified atom stereocenters. The number of fused-ring (bicyclic) bond motifs is 1. The molecule has 0 radical (unpaired) electrons. The highest BCUT2D eigenvalue weighted by atomic mass is 15.2. The number of unbranched alkanes of at least 4 members (excludes halogenated alkanes) is 17. The Labute approximate surface area is 285 Å². The largest absolute Gasteiger partial charge is 0.344 e. The lowest BCUT2D eigenvalue weighted by Crippen LogP contribution is -2.27. The summed E-state index contributed by atoms with van der Waals surface area (Å²) in [6.45, 7) is 19.4. The van der Waals surface area contributed by atoms with Gasteiger partial charge in [0, 0.05) is 28.8 Å².